The molecule has 0 atom stereocenters. The van der Waals surface area contributed by atoms with Crippen molar-refractivity contribution in [1.82, 2.24) is 20.2 Å². The minimum Gasteiger partial charge on any atom is -0.496 e. The molecule has 0 fully saturated rings. The van der Waals surface area contributed by atoms with Crippen molar-refractivity contribution in [1.29, 1.82) is 0 Å². The third-order valence-electron chi connectivity index (χ3n) is 3.07. The number of benzene rings is 1. The molecule has 0 saturated heterocycles. The van der Waals surface area contributed by atoms with Crippen molar-refractivity contribution in [2.75, 3.05) is 12.8 Å². The maximum Gasteiger partial charge on any atom is 0.185 e. The van der Waals surface area contributed by atoms with Gasteiger partial charge in [0, 0.05) is 18.3 Å². The number of hydrogen-bond donors (Lipinski definition) is 1. The van der Waals surface area contributed by atoms with Crippen LogP contribution in [0.25, 0.3) is 11.4 Å². The van der Waals surface area contributed by atoms with Crippen LogP contribution in [0.1, 0.15) is 27.2 Å². The van der Waals surface area contributed by atoms with Crippen LogP contribution in [-0.2, 0) is 6.54 Å². The highest BCUT2D eigenvalue weighted by molar-refractivity contribution is 5.67. The second-order valence-electron chi connectivity index (χ2n) is 6.00. The van der Waals surface area contributed by atoms with E-state index in [1.807, 2.05) is 12.1 Å². The van der Waals surface area contributed by atoms with Crippen LogP contribution >= 0.6 is 0 Å². The molecule has 0 unspecified atom stereocenters. The Labute approximate surface area is 118 Å². The number of aromatic nitrogens is 4. The Morgan fingerprint density at radius 3 is 2.70 bits per heavy atom. The number of rotatable bonds is 4. The van der Waals surface area contributed by atoms with Crippen LogP contribution in [0.3, 0.4) is 0 Å². The third kappa shape index (κ3) is 3.26. The van der Waals surface area contributed by atoms with Crippen molar-refractivity contribution in [3.05, 3.63) is 18.2 Å². The van der Waals surface area contributed by atoms with Gasteiger partial charge in [0.15, 0.2) is 5.82 Å². The molecular weight excluding hydrogens is 254 g/mol. The fourth-order valence-electron chi connectivity index (χ4n) is 1.88. The molecule has 0 spiro atoms. The Balaban J connectivity index is 2.32. The maximum atomic E-state index is 5.77. The summed E-state index contributed by atoms with van der Waals surface area (Å²) in [6, 6.07) is 5.48. The molecule has 6 nitrogen and oxygen atoms in total. The number of hydrogen-bond acceptors (Lipinski definition) is 5. The fraction of sp³-hybridized carbons (Fsp3) is 0.500. The zero-order valence-corrected chi connectivity index (χ0v) is 12.4. The van der Waals surface area contributed by atoms with Gasteiger partial charge in [-0.05, 0) is 34.4 Å². The summed E-state index contributed by atoms with van der Waals surface area (Å²) in [6.07, 6.45) is 0.988. The molecule has 6 heteroatoms. The molecule has 2 N–H and O–H groups in total. The first-order chi connectivity index (χ1) is 9.40. The number of tetrazole rings is 1. The summed E-state index contributed by atoms with van der Waals surface area (Å²) in [7, 11) is 1.61. The molecular formula is C14H21N5O. The molecule has 0 aliphatic rings. The van der Waals surface area contributed by atoms with E-state index in [-0.39, 0.29) is 5.41 Å². The monoisotopic (exact) mass is 275 g/mol. The summed E-state index contributed by atoms with van der Waals surface area (Å²) < 4.78 is 7.17. The predicted octanol–water partition coefficient (Wildman–Crippen LogP) is 2.37. The minimum absolute atomic E-state index is 0.231. The second-order valence-corrected chi connectivity index (χ2v) is 6.00. The Hall–Kier alpha value is -2.11. The molecule has 0 aliphatic carbocycles. The number of aryl methyl sites for hydroxylation is 1. The number of methoxy groups -OCH3 is 1. The van der Waals surface area contributed by atoms with Crippen LogP contribution in [0.15, 0.2) is 18.2 Å². The third-order valence-corrected chi connectivity index (χ3v) is 3.07. The Morgan fingerprint density at radius 1 is 1.30 bits per heavy atom. The molecule has 20 heavy (non-hydrogen) atoms. The van der Waals surface area contributed by atoms with E-state index >= 15 is 0 Å². The van der Waals surface area contributed by atoms with Crippen molar-refractivity contribution in [3.8, 4) is 17.1 Å². The minimum atomic E-state index is 0.231. The van der Waals surface area contributed by atoms with Crippen molar-refractivity contribution in [3.63, 3.8) is 0 Å². The van der Waals surface area contributed by atoms with Crippen molar-refractivity contribution in [2.24, 2.45) is 5.41 Å². The van der Waals surface area contributed by atoms with Gasteiger partial charge in [0.05, 0.1) is 12.7 Å². The van der Waals surface area contributed by atoms with E-state index in [0.717, 1.165) is 18.5 Å². The first-order valence-electron chi connectivity index (χ1n) is 6.61. The Bertz CT molecular complexity index is 585. The van der Waals surface area contributed by atoms with E-state index in [1.165, 1.54) is 0 Å². The van der Waals surface area contributed by atoms with Gasteiger partial charge in [0.25, 0.3) is 0 Å². The molecule has 1 heterocycles. The summed E-state index contributed by atoms with van der Waals surface area (Å²) >= 11 is 0. The highest BCUT2D eigenvalue weighted by Crippen LogP contribution is 2.30. The quantitative estimate of drug-likeness (QED) is 0.867. The Kier molecular flexibility index (Phi) is 3.92. The molecule has 1 aromatic carbocycles. The first kappa shape index (κ1) is 14.3. The highest BCUT2D eigenvalue weighted by Gasteiger charge is 2.16. The van der Waals surface area contributed by atoms with Gasteiger partial charge in [-0.25, -0.2) is 4.68 Å². The number of nitrogen functional groups attached to an aromatic ring is 1. The van der Waals surface area contributed by atoms with Gasteiger partial charge in [0.1, 0.15) is 5.75 Å². The standard InChI is InChI=1S/C14H21N5O/c1-14(2,3)7-8-19-13(16-17-18-19)11-6-5-10(15)9-12(11)20-4/h5-6,9H,7-8,15H2,1-4H3. The molecule has 0 saturated carbocycles. The van der Waals surface area contributed by atoms with Gasteiger partial charge >= 0.3 is 0 Å². The summed E-state index contributed by atoms with van der Waals surface area (Å²) in [6.45, 7) is 7.35. The summed E-state index contributed by atoms with van der Waals surface area (Å²) in [5.41, 5.74) is 7.50. The Morgan fingerprint density at radius 2 is 2.05 bits per heavy atom. The van der Waals surface area contributed by atoms with Crippen LogP contribution in [0.4, 0.5) is 5.69 Å². The van der Waals surface area contributed by atoms with Crippen molar-refractivity contribution in [2.45, 2.75) is 33.7 Å². The molecule has 0 radical (unpaired) electrons. The SMILES string of the molecule is COc1cc(N)ccc1-c1nnnn1CCC(C)(C)C. The lowest BCUT2D eigenvalue weighted by molar-refractivity contribution is 0.339. The van der Waals surface area contributed by atoms with Crippen molar-refractivity contribution < 1.29 is 4.74 Å². The molecule has 1 aromatic heterocycles. The van der Waals surface area contributed by atoms with E-state index in [9.17, 15) is 0 Å². The zero-order valence-electron chi connectivity index (χ0n) is 12.4. The van der Waals surface area contributed by atoms with Gasteiger partial charge in [-0.15, -0.1) is 5.10 Å². The molecule has 108 valence electrons. The van der Waals surface area contributed by atoms with Crippen LogP contribution in [0, 0.1) is 5.41 Å². The lowest BCUT2D eigenvalue weighted by Gasteiger charge is -2.18. The number of nitrogens with two attached hydrogens (primary N) is 1. The van der Waals surface area contributed by atoms with Gasteiger partial charge in [-0.1, -0.05) is 20.8 Å². The lowest BCUT2D eigenvalue weighted by atomic mass is 9.92. The highest BCUT2D eigenvalue weighted by atomic mass is 16.5. The number of anilines is 1. The maximum absolute atomic E-state index is 5.77. The molecule has 0 aliphatic heterocycles. The summed E-state index contributed by atoms with van der Waals surface area (Å²) in [5, 5.41) is 11.9. The fourth-order valence-corrected chi connectivity index (χ4v) is 1.88. The van der Waals surface area contributed by atoms with E-state index in [0.29, 0.717) is 17.3 Å². The molecule has 2 aromatic rings. The van der Waals surface area contributed by atoms with Crippen LogP contribution in [0.5, 0.6) is 5.75 Å². The average Bonchev–Trinajstić information content (AvgIpc) is 2.83. The van der Waals surface area contributed by atoms with Crippen LogP contribution in [0.2, 0.25) is 0 Å². The molecule has 2 rings (SSSR count). The number of ether oxygens (including phenoxy) is 1. The normalized spacial score (nSPS) is 11.6. The van der Waals surface area contributed by atoms with E-state index in [2.05, 4.69) is 36.3 Å². The van der Waals surface area contributed by atoms with E-state index < -0.39 is 0 Å². The average molecular weight is 275 g/mol. The van der Waals surface area contributed by atoms with E-state index in [4.69, 9.17) is 10.5 Å². The lowest BCUT2D eigenvalue weighted by Crippen LogP contribution is -2.12. The zero-order chi connectivity index (χ0) is 14.8. The van der Waals surface area contributed by atoms with Crippen LogP contribution in [-0.4, -0.2) is 27.3 Å². The summed E-state index contributed by atoms with van der Waals surface area (Å²) in [4.78, 5) is 0. The second kappa shape index (κ2) is 5.48. The molecule has 0 amide bonds. The van der Waals surface area contributed by atoms with E-state index in [1.54, 1.807) is 17.9 Å². The predicted molar refractivity (Wildman–Crippen MR) is 78.3 cm³/mol. The van der Waals surface area contributed by atoms with Gasteiger partial charge < -0.3 is 10.5 Å². The van der Waals surface area contributed by atoms with Crippen molar-refractivity contribution >= 4 is 5.69 Å². The topological polar surface area (TPSA) is 78.8 Å². The summed E-state index contributed by atoms with van der Waals surface area (Å²) in [5.74, 6) is 1.38. The first-order valence-corrected chi connectivity index (χ1v) is 6.61. The van der Waals surface area contributed by atoms with Crippen LogP contribution < -0.4 is 10.5 Å². The largest absolute Gasteiger partial charge is 0.496 e. The number of nitrogens with zero attached hydrogens (tertiary/aromatic N) is 4. The van der Waals surface area contributed by atoms with Gasteiger partial charge in [0.2, 0.25) is 0 Å². The van der Waals surface area contributed by atoms with Gasteiger partial charge in [-0.3, -0.25) is 0 Å². The smallest absolute Gasteiger partial charge is 0.185 e. The molecule has 0 bridgehead atoms. The van der Waals surface area contributed by atoms with Gasteiger partial charge in [-0.2, -0.15) is 0 Å².